The summed E-state index contributed by atoms with van der Waals surface area (Å²) in [6, 6.07) is 5.62. The Hall–Kier alpha value is -2.46. The molecule has 10 heteroatoms. The standard InChI is InChI=1S/C18H20N2O6S2/c1-12(13-4-7-19-16(10-13)27(2,23)24)18(22)15(6-9-21)14-5-8-20-17(11-14)28(3,25)26/h4-5,7-12,15H,6H2,1-3H3. The minimum atomic E-state index is -3.58. The Bertz CT molecular complexity index is 1110. The summed E-state index contributed by atoms with van der Waals surface area (Å²) in [5, 5.41) is -0.343. The lowest BCUT2D eigenvalue weighted by Gasteiger charge is -2.19. The van der Waals surface area contributed by atoms with Crippen molar-refractivity contribution in [3.8, 4) is 0 Å². The zero-order valence-electron chi connectivity index (χ0n) is 15.6. The monoisotopic (exact) mass is 424 g/mol. The molecule has 0 bridgehead atoms. The Morgan fingerprint density at radius 2 is 1.43 bits per heavy atom. The summed E-state index contributed by atoms with van der Waals surface area (Å²) >= 11 is 0. The lowest BCUT2D eigenvalue weighted by atomic mass is 9.84. The molecule has 0 spiro atoms. The minimum absolute atomic E-state index is 0.138. The Balaban J connectivity index is 2.45. The van der Waals surface area contributed by atoms with Gasteiger partial charge < -0.3 is 4.79 Å². The number of aldehydes is 1. The molecule has 0 saturated carbocycles. The molecule has 2 rings (SSSR count). The summed E-state index contributed by atoms with van der Waals surface area (Å²) < 4.78 is 46.9. The van der Waals surface area contributed by atoms with Crippen molar-refractivity contribution in [2.75, 3.05) is 12.5 Å². The summed E-state index contributed by atoms with van der Waals surface area (Å²) in [4.78, 5) is 31.8. The molecule has 150 valence electrons. The van der Waals surface area contributed by atoms with Crippen LogP contribution in [0.3, 0.4) is 0 Å². The van der Waals surface area contributed by atoms with Gasteiger partial charge >= 0.3 is 0 Å². The van der Waals surface area contributed by atoms with Gasteiger partial charge in [-0.15, -0.1) is 0 Å². The molecule has 0 aliphatic carbocycles. The van der Waals surface area contributed by atoms with Gasteiger partial charge in [0.2, 0.25) is 0 Å². The lowest BCUT2D eigenvalue weighted by Crippen LogP contribution is -2.20. The highest BCUT2D eigenvalue weighted by molar-refractivity contribution is 7.90. The van der Waals surface area contributed by atoms with Gasteiger partial charge in [0, 0.05) is 37.2 Å². The predicted molar refractivity (Wildman–Crippen MR) is 102 cm³/mol. The van der Waals surface area contributed by atoms with Crippen molar-refractivity contribution in [3.63, 3.8) is 0 Å². The number of hydrogen-bond donors (Lipinski definition) is 0. The zero-order valence-corrected chi connectivity index (χ0v) is 17.2. The van der Waals surface area contributed by atoms with E-state index in [9.17, 15) is 26.4 Å². The first-order valence-electron chi connectivity index (χ1n) is 8.24. The first kappa shape index (κ1) is 21.8. The molecule has 2 aromatic rings. The SMILES string of the molecule is CC(C(=O)C(CC=O)c1ccnc(S(C)(=O)=O)c1)c1ccnc(S(C)(=O)=O)c1. The molecule has 2 aromatic heterocycles. The van der Waals surface area contributed by atoms with Gasteiger partial charge in [-0.2, -0.15) is 0 Å². The van der Waals surface area contributed by atoms with Gasteiger partial charge in [0.1, 0.15) is 12.1 Å². The Morgan fingerprint density at radius 3 is 1.89 bits per heavy atom. The molecule has 0 amide bonds. The molecular weight excluding hydrogens is 404 g/mol. The van der Waals surface area contributed by atoms with Crippen molar-refractivity contribution in [2.24, 2.45) is 0 Å². The van der Waals surface area contributed by atoms with E-state index >= 15 is 0 Å². The molecule has 0 radical (unpaired) electrons. The second-order valence-corrected chi connectivity index (χ2v) is 10.4. The van der Waals surface area contributed by atoms with Crippen LogP contribution < -0.4 is 0 Å². The van der Waals surface area contributed by atoms with Gasteiger partial charge in [-0.25, -0.2) is 26.8 Å². The average molecular weight is 425 g/mol. The van der Waals surface area contributed by atoms with Gasteiger partial charge in [-0.3, -0.25) is 4.79 Å². The number of carbonyl (C=O) groups excluding carboxylic acids is 2. The number of rotatable bonds is 8. The summed E-state index contributed by atoms with van der Waals surface area (Å²) in [5.41, 5.74) is 0.797. The molecule has 0 fully saturated rings. The van der Waals surface area contributed by atoms with E-state index in [4.69, 9.17) is 0 Å². The van der Waals surface area contributed by atoms with Gasteiger partial charge in [-0.05, 0) is 35.4 Å². The summed E-state index contributed by atoms with van der Waals surface area (Å²) in [7, 11) is -7.12. The van der Waals surface area contributed by atoms with Gasteiger partial charge in [0.15, 0.2) is 29.7 Å². The third kappa shape index (κ3) is 5.08. The number of carbonyl (C=O) groups is 2. The van der Waals surface area contributed by atoms with E-state index in [2.05, 4.69) is 9.97 Å². The van der Waals surface area contributed by atoms with E-state index in [0.717, 1.165) is 12.5 Å². The van der Waals surface area contributed by atoms with E-state index in [1.165, 1.54) is 36.7 Å². The highest BCUT2D eigenvalue weighted by atomic mass is 32.2. The van der Waals surface area contributed by atoms with E-state index in [1.54, 1.807) is 6.92 Å². The van der Waals surface area contributed by atoms with Gasteiger partial charge in [-0.1, -0.05) is 6.92 Å². The fourth-order valence-electron chi connectivity index (χ4n) is 2.72. The lowest BCUT2D eigenvalue weighted by molar-refractivity contribution is -0.123. The van der Waals surface area contributed by atoms with Crippen LogP contribution in [-0.4, -0.2) is 51.4 Å². The molecule has 28 heavy (non-hydrogen) atoms. The molecule has 2 atom stereocenters. The van der Waals surface area contributed by atoms with Gasteiger partial charge in [0.25, 0.3) is 0 Å². The van der Waals surface area contributed by atoms with Gasteiger partial charge in [0.05, 0.1) is 5.92 Å². The number of ketones is 1. The highest BCUT2D eigenvalue weighted by Crippen LogP contribution is 2.29. The predicted octanol–water partition coefficient (Wildman–Crippen LogP) is 1.33. The molecule has 0 aliphatic rings. The molecule has 0 N–H and O–H groups in total. The molecule has 8 nitrogen and oxygen atoms in total. The summed E-state index contributed by atoms with van der Waals surface area (Å²) in [6.45, 7) is 1.60. The van der Waals surface area contributed by atoms with E-state index < -0.39 is 31.5 Å². The number of Topliss-reactive ketones (excluding diaryl/α,β-unsaturated/α-hetero) is 1. The normalized spacial score (nSPS) is 14.2. The molecule has 0 aliphatic heterocycles. The zero-order chi connectivity index (χ0) is 21.1. The third-order valence-electron chi connectivity index (χ3n) is 4.28. The number of aromatic nitrogens is 2. The van der Waals surface area contributed by atoms with Crippen molar-refractivity contribution >= 4 is 31.7 Å². The van der Waals surface area contributed by atoms with E-state index in [0.29, 0.717) is 17.4 Å². The van der Waals surface area contributed by atoms with E-state index in [-0.39, 0.29) is 22.3 Å². The van der Waals surface area contributed by atoms with Crippen LogP contribution in [0.25, 0.3) is 0 Å². The van der Waals surface area contributed by atoms with Crippen molar-refractivity contribution in [1.82, 2.24) is 9.97 Å². The van der Waals surface area contributed by atoms with Crippen molar-refractivity contribution in [3.05, 3.63) is 47.8 Å². The summed E-state index contributed by atoms with van der Waals surface area (Å²) in [5.74, 6) is -1.96. The van der Waals surface area contributed by atoms with E-state index in [1.807, 2.05) is 0 Å². The molecule has 0 aromatic carbocycles. The van der Waals surface area contributed by atoms with Crippen molar-refractivity contribution < 1.29 is 26.4 Å². The van der Waals surface area contributed by atoms with Crippen molar-refractivity contribution in [2.45, 2.75) is 35.2 Å². The summed E-state index contributed by atoms with van der Waals surface area (Å²) in [6.07, 6.45) is 5.05. The van der Waals surface area contributed by atoms with Crippen LogP contribution in [0.2, 0.25) is 0 Å². The maximum Gasteiger partial charge on any atom is 0.192 e. The maximum absolute atomic E-state index is 13.1. The number of nitrogens with zero attached hydrogens (tertiary/aromatic N) is 2. The van der Waals surface area contributed by atoms with Crippen LogP contribution in [-0.2, 0) is 29.3 Å². The minimum Gasteiger partial charge on any atom is -0.303 e. The molecule has 0 saturated heterocycles. The van der Waals surface area contributed by atoms with Crippen molar-refractivity contribution in [1.29, 1.82) is 0 Å². The number of hydrogen-bond acceptors (Lipinski definition) is 8. The number of pyridine rings is 2. The molecule has 2 unspecified atom stereocenters. The topological polar surface area (TPSA) is 128 Å². The highest BCUT2D eigenvalue weighted by Gasteiger charge is 2.28. The average Bonchev–Trinajstić information content (AvgIpc) is 2.64. The van der Waals surface area contributed by atoms with Crippen LogP contribution in [0.5, 0.6) is 0 Å². The third-order valence-corrected chi connectivity index (χ3v) is 6.25. The second-order valence-electron chi connectivity index (χ2n) is 6.48. The fourth-order valence-corrected chi connectivity index (χ4v) is 3.92. The quantitative estimate of drug-likeness (QED) is 0.581. The van der Waals surface area contributed by atoms with Crippen LogP contribution in [0.4, 0.5) is 0 Å². The second kappa shape index (κ2) is 8.27. The van der Waals surface area contributed by atoms with Crippen LogP contribution in [0.15, 0.2) is 46.7 Å². The first-order chi connectivity index (χ1) is 12.9. The smallest absolute Gasteiger partial charge is 0.192 e. The Kier molecular flexibility index (Phi) is 6.45. The Morgan fingerprint density at radius 1 is 0.964 bits per heavy atom. The van der Waals surface area contributed by atoms with Crippen LogP contribution >= 0.6 is 0 Å². The first-order valence-corrected chi connectivity index (χ1v) is 12.0. The maximum atomic E-state index is 13.1. The van der Waals surface area contributed by atoms with Crippen LogP contribution in [0.1, 0.15) is 36.3 Å². The largest absolute Gasteiger partial charge is 0.303 e. The number of sulfone groups is 2. The van der Waals surface area contributed by atoms with Crippen LogP contribution in [0, 0.1) is 0 Å². The molecule has 2 heterocycles. The Labute approximate surface area is 163 Å². The molecular formula is C18H20N2O6S2. The fraction of sp³-hybridized carbons (Fsp3) is 0.333.